The number of aromatic nitrogens is 4. The number of carbonyl (C=O) groups excluding carboxylic acids is 1. The first-order valence-corrected chi connectivity index (χ1v) is 7.43. The van der Waals surface area contributed by atoms with Gasteiger partial charge >= 0.3 is 5.97 Å². The monoisotopic (exact) mass is 350 g/mol. The smallest absolute Gasteiger partial charge is 0.315 e. The van der Waals surface area contributed by atoms with Crippen LogP contribution in [0.15, 0.2) is 16.2 Å². The first kappa shape index (κ1) is 18.2. The molecule has 0 fully saturated rings. The highest BCUT2D eigenvalue weighted by atomic mass is 16.6. The number of ether oxygens (including phenoxy) is 2. The summed E-state index contributed by atoms with van der Waals surface area (Å²) < 4.78 is 11.9. The van der Waals surface area contributed by atoms with Crippen LogP contribution in [0.25, 0.3) is 21.6 Å². The maximum Gasteiger partial charge on any atom is 0.315 e. The van der Waals surface area contributed by atoms with E-state index in [4.69, 9.17) is 20.7 Å². The zero-order valence-electron chi connectivity index (χ0n) is 13.7. The lowest BCUT2D eigenvalue weighted by molar-refractivity contribution is -0.148. The van der Waals surface area contributed by atoms with E-state index in [0.29, 0.717) is 5.65 Å². The maximum absolute atomic E-state index is 11.8. The number of H-pyrrole nitrogens is 1. The highest BCUT2D eigenvalue weighted by molar-refractivity contribution is 5.76. The number of anilines is 1. The van der Waals surface area contributed by atoms with E-state index in [0.717, 1.165) is 0 Å². The number of nitrogens with one attached hydrogen (secondary N) is 1. The second kappa shape index (κ2) is 8.13. The molecule has 0 spiro atoms. The van der Waals surface area contributed by atoms with Crippen LogP contribution in [0.5, 0.6) is 0 Å². The zero-order valence-corrected chi connectivity index (χ0v) is 13.7. The topological polar surface area (TPSA) is 174 Å². The number of hydrogen-bond donors (Lipinski definition) is 2. The number of hydrogen-bond acceptors (Lipinski definition) is 8. The van der Waals surface area contributed by atoms with Crippen molar-refractivity contribution in [2.45, 2.75) is 26.6 Å². The van der Waals surface area contributed by atoms with Gasteiger partial charge in [-0.2, -0.15) is 4.98 Å². The number of nitrogens with zero attached hydrogens (tertiary/aromatic N) is 6. The molecule has 0 bridgehead atoms. The predicted molar refractivity (Wildman–Crippen MR) is 87.2 cm³/mol. The normalized spacial score (nSPS) is 12.1. The van der Waals surface area contributed by atoms with Crippen molar-refractivity contribution in [3.8, 4) is 0 Å². The van der Waals surface area contributed by atoms with Gasteiger partial charge < -0.3 is 15.2 Å². The van der Waals surface area contributed by atoms with Crippen LogP contribution in [0.4, 0.5) is 5.95 Å². The van der Waals surface area contributed by atoms with Gasteiger partial charge in [0.25, 0.3) is 5.56 Å². The second-order valence-electron chi connectivity index (χ2n) is 5.44. The molecule has 0 saturated heterocycles. The molecule has 1 atom stereocenters. The second-order valence-corrected chi connectivity index (χ2v) is 5.44. The fourth-order valence-corrected chi connectivity index (χ4v) is 2.02. The van der Waals surface area contributed by atoms with E-state index in [2.05, 4.69) is 25.0 Å². The fraction of sp³-hybridized carbons (Fsp3) is 0.538. The fourth-order valence-electron chi connectivity index (χ4n) is 2.02. The maximum atomic E-state index is 11.8. The van der Waals surface area contributed by atoms with E-state index in [1.165, 1.54) is 10.9 Å². The standard InChI is InChI=1S/C13H18N8O4/c1-7(2)8(19-20-15)12(23)25-4-3-24-6-21-5-16-9-10(21)17-13(14)18-11(9)22/h5,7-8H,3-4,6H2,1-2H3,(H3,14,17,18,22)/t8-/m0/s1. The third-order valence-electron chi connectivity index (χ3n) is 3.24. The van der Waals surface area contributed by atoms with E-state index >= 15 is 0 Å². The molecule has 25 heavy (non-hydrogen) atoms. The number of rotatable bonds is 8. The summed E-state index contributed by atoms with van der Waals surface area (Å²) >= 11 is 0. The number of aromatic amines is 1. The average molecular weight is 350 g/mol. The summed E-state index contributed by atoms with van der Waals surface area (Å²) in [6.45, 7) is 3.65. The predicted octanol–water partition coefficient (Wildman–Crippen LogP) is 0.554. The molecule has 0 aliphatic rings. The number of nitrogens with two attached hydrogens (primary N) is 1. The Morgan fingerprint density at radius 3 is 2.96 bits per heavy atom. The molecule has 0 aromatic carbocycles. The molecule has 2 rings (SSSR count). The molecule has 0 aliphatic carbocycles. The number of esters is 1. The highest BCUT2D eigenvalue weighted by Crippen LogP contribution is 2.09. The Morgan fingerprint density at radius 2 is 2.28 bits per heavy atom. The summed E-state index contributed by atoms with van der Waals surface area (Å²) in [6.07, 6.45) is 1.40. The Labute approximate surface area is 141 Å². The highest BCUT2D eigenvalue weighted by Gasteiger charge is 2.22. The molecular weight excluding hydrogens is 332 g/mol. The van der Waals surface area contributed by atoms with Gasteiger partial charge in [0.2, 0.25) is 5.95 Å². The van der Waals surface area contributed by atoms with Crippen LogP contribution in [0.1, 0.15) is 13.8 Å². The molecule has 0 amide bonds. The number of fused-ring (bicyclic) bond motifs is 1. The molecule has 12 nitrogen and oxygen atoms in total. The molecular formula is C13H18N8O4. The van der Waals surface area contributed by atoms with Crippen LogP contribution < -0.4 is 11.3 Å². The number of azide groups is 1. The van der Waals surface area contributed by atoms with Gasteiger partial charge in [0.15, 0.2) is 11.2 Å². The number of nitrogen functional groups attached to an aromatic ring is 1. The van der Waals surface area contributed by atoms with Crippen LogP contribution in [0.2, 0.25) is 0 Å². The lowest BCUT2D eigenvalue weighted by Gasteiger charge is -2.14. The average Bonchev–Trinajstić information content (AvgIpc) is 2.95. The molecule has 3 N–H and O–H groups in total. The molecule has 0 aliphatic heterocycles. The van der Waals surface area contributed by atoms with Gasteiger partial charge in [-0.15, -0.1) is 0 Å². The molecule has 0 saturated carbocycles. The summed E-state index contributed by atoms with van der Waals surface area (Å²) in [5, 5.41) is 3.41. The van der Waals surface area contributed by atoms with Crippen LogP contribution in [-0.4, -0.2) is 44.7 Å². The van der Waals surface area contributed by atoms with Gasteiger partial charge in [-0.25, -0.2) is 4.98 Å². The SMILES string of the molecule is CC(C)[C@H](N=[N+]=[N-])C(=O)OCCOCn1cnc2c(=O)[nH]c(N)nc21. The van der Waals surface area contributed by atoms with Crippen molar-refractivity contribution in [2.24, 2.45) is 11.0 Å². The van der Waals surface area contributed by atoms with E-state index in [1.807, 2.05) is 0 Å². The first-order chi connectivity index (χ1) is 11.9. The van der Waals surface area contributed by atoms with Gasteiger partial charge in [0.1, 0.15) is 19.4 Å². The number of imidazole rings is 1. The van der Waals surface area contributed by atoms with Crippen LogP contribution in [0.3, 0.4) is 0 Å². The summed E-state index contributed by atoms with van der Waals surface area (Å²) in [4.78, 5) is 36.4. The van der Waals surface area contributed by atoms with E-state index in [-0.39, 0.29) is 37.3 Å². The Morgan fingerprint density at radius 1 is 1.52 bits per heavy atom. The summed E-state index contributed by atoms with van der Waals surface area (Å²) in [5.74, 6) is -0.798. The van der Waals surface area contributed by atoms with Crippen molar-refractivity contribution in [2.75, 3.05) is 18.9 Å². The molecule has 2 aromatic heterocycles. The zero-order chi connectivity index (χ0) is 18.4. The van der Waals surface area contributed by atoms with Crippen molar-refractivity contribution in [3.63, 3.8) is 0 Å². The van der Waals surface area contributed by atoms with Crippen molar-refractivity contribution in [3.05, 3.63) is 27.1 Å². The van der Waals surface area contributed by atoms with Crippen molar-refractivity contribution >= 4 is 23.1 Å². The molecule has 2 heterocycles. The van der Waals surface area contributed by atoms with E-state index in [1.54, 1.807) is 13.8 Å². The third-order valence-corrected chi connectivity index (χ3v) is 3.24. The Bertz CT molecular complexity index is 851. The van der Waals surface area contributed by atoms with Crippen molar-refractivity contribution in [1.29, 1.82) is 0 Å². The minimum atomic E-state index is -0.874. The van der Waals surface area contributed by atoms with E-state index in [9.17, 15) is 9.59 Å². The number of carbonyl (C=O) groups is 1. The lowest BCUT2D eigenvalue weighted by Crippen LogP contribution is -2.27. The quantitative estimate of drug-likeness (QED) is 0.230. The molecule has 2 aromatic rings. The summed E-state index contributed by atoms with van der Waals surface area (Å²) in [7, 11) is 0. The third kappa shape index (κ3) is 4.46. The van der Waals surface area contributed by atoms with Gasteiger partial charge in [-0.1, -0.05) is 19.0 Å². The van der Waals surface area contributed by atoms with Crippen LogP contribution >= 0.6 is 0 Å². The Balaban J connectivity index is 1.85. The summed E-state index contributed by atoms with van der Waals surface area (Å²) in [6, 6.07) is -0.874. The van der Waals surface area contributed by atoms with Crippen molar-refractivity contribution in [1.82, 2.24) is 19.5 Å². The van der Waals surface area contributed by atoms with Crippen molar-refractivity contribution < 1.29 is 14.3 Å². The minimum absolute atomic E-state index is 0.00815. The van der Waals surface area contributed by atoms with Crippen LogP contribution in [0, 0.1) is 5.92 Å². The molecule has 0 radical (unpaired) electrons. The van der Waals surface area contributed by atoms with E-state index < -0.39 is 17.6 Å². The molecule has 134 valence electrons. The molecule has 12 heteroatoms. The largest absolute Gasteiger partial charge is 0.463 e. The van der Waals surface area contributed by atoms with Gasteiger partial charge in [0, 0.05) is 4.91 Å². The Kier molecular flexibility index (Phi) is 5.93. The van der Waals surface area contributed by atoms with Gasteiger partial charge in [0.05, 0.1) is 12.9 Å². The first-order valence-electron chi connectivity index (χ1n) is 7.43. The molecule has 0 unspecified atom stereocenters. The van der Waals surface area contributed by atoms with Gasteiger partial charge in [-0.05, 0) is 11.4 Å². The minimum Gasteiger partial charge on any atom is -0.463 e. The Hall–Kier alpha value is -3.11. The summed E-state index contributed by atoms with van der Waals surface area (Å²) in [5.41, 5.74) is 14.0. The lowest BCUT2D eigenvalue weighted by atomic mass is 10.1. The van der Waals surface area contributed by atoms with Crippen LogP contribution in [-0.2, 0) is 21.0 Å². The van der Waals surface area contributed by atoms with Gasteiger partial charge in [-0.3, -0.25) is 19.1 Å².